The number of imidazole rings is 1. The van der Waals surface area contributed by atoms with Gasteiger partial charge in [0, 0.05) is 5.56 Å². The van der Waals surface area contributed by atoms with Crippen molar-refractivity contribution in [1.29, 1.82) is 0 Å². The molecule has 1 N–H and O–H groups in total. The zero-order chi connectivity index (χ0) is 14.4. The molecule has 102 valence electrons. The molecule has 1 aromatic heterocycles. The van der Waals surface area contributed by atoms with E-state index in [2.05, 4.69) is 73.4 Å². The fourth-order valence-corrected chi connectivity index (χ4v) is 2.87. The van der Waals surface area contributed by atoms with Gasteiger partial charge in [-0.25, -0.2) is 4.98 Å². The Balaban J connectivity index is 2.03. The van der Waals surface area contributed by atoms with Gasteiger partial charge in [0.05, 0.1) is 11.0 Å². The molecule has 0 saturated carbocycles. The van der Waals surface area contributed by atoms with Gasteiger partial charge in [0.25, 0.3) is 0 Å². The van der Waals surface area contributed by atoms with Gasteiger partial charge < -0.3 is 4.98 Å². The average molecular weight is 272 g/mol. The number of aryl methyl sites for hydroxylation is 2. The van der Waals surface area contributed by atoms with Crippen LogP contribution in [-0.2, 0) is 0 Å². The van der Waals surface area contributed by atoms with Crippen molar-refractivity contribution in [2.75, 3.05) is 0 Å². The Morgan fingerprint density at radius 1 is 0.857 bits per heavy atom. The van der Waals surface area contributed by atoms with Crippen molar-refractivity contribution in [2.45, 2.75) is 13.8 Å². The minimum atomic E-state index is 0.940. The molecule has 0 bridgehead atoms. The summed E-state index contributed by atoms with van der Waals surface area (Å²) in [6.45, 7) is 4.26. The molecule has 0 amide bonds. The lowest BCUT2D eigenvalue weighted by molar-refractivity contribution is 1.32. The fraction of sp³-hybridized carbons (Fsp3) is 0.105. The summed E-state index contributed by atoms with van der Waals surface area (Å²) in [5.41, 5.74) is 5.84. The number of fused-ring (bicyclic) bond motifs is 2. The highest BCUT2D eigenvalue weighted by atomic mass is 14.9. The van der Waals surface area contributed by atoms with E-state index in [-0.39, 0.29) is 0 Å². The number of nitrogens with zero attached hydrogens (tertiary/aromatic N) is 1. The first kappa shape index (κ1) is 12.2. The maximum atomic E-state index is 4.84. The normalized spacial score (nSPS) is 11.3. The van der Waals surface area contributed by atoms with E-state index < -0.39 is 0 Å². The minimum absolute atomic E-state index is 0.940. The third-order valence-electron chi connectivity index (χ3n) is 4.22. The van der Waals surface area contributed by atoms with Gasteiger partial charge in [0.15, 0.2) is 0 Å². The first-order valence-corrected chi connectivity index (χ1v) is 7.18. The van der Waals surface area contributed by atoms with Crippen LogP contribution >= 0.6 is 0 Å². The molecule has 0 unspecified atom stereocenters. The summed E-state index contributed by atoms with van der Waals surface area (Å²) < 4.78 is 0. The summed E-state index contributed by atoms with van der Waals surface area (Å²) in [7, 11) is 0. The number of aromatic nitrogens is 2. The quantitative estimate of drug-likeness (QED) is 0.519. The minimum Gasteiger partial charge on any atom is -0.338 e. The van der Waals surface area contributed by atoms with Crippen LogP contribution in [0.1, 0.15) is 11.1 Å². The zero-order valence-corrected chi connectivity index (χ0v) is 12.1. The number of nitrogens with one attached hydrogen (secondary N) is 1. The number of H-pyrrole nitrogens is 1. The van der Waals surface area contributed by atoms with Crippen LogP contribution in [0.5, 0.6) is 0 Å². The van der Waals surface area contributed by atoms with Crippen molar-refractivity contribution < 1.29 is 0 Å². The van der Waals surface area contributed by atoms with E-state index in [1.807, 2.05) is 0 Å². The molecule has 2 nitrogen and oxygen atoms in total. The van der Waals surface area contributed by atoms with Gasteiger partial charge in [0.2, 0.25) is 0 Å². The van der Waals surface area contributed by atoms with Gasteiger partial charge in [-0.15, -0.1) is 0 Å². The zero-order valence-electron chi connectivity index (χ0n) is 12.1. The van der Waals surface area contributed by atoms with Crippen molar-refractivity contribution in [2.24, 2.45) is 0 Å². The van der Waals surface area contributed by atoms with Gasteiger partial charge in [0.1, 0.15) is 5.82 Å². The Labute approximate surface area is 123 Å². The molecule has 0 aliphatic heterocycles. The van der Waals surface area contributed by atoms with Crippen LogP contribution in [0.15, 0.2) is 54.6 Å². The van der Waals surface area contributed by atoms with Crippen LogP contribution in [0.4, 0.5) is 0 Å². The van der Waals surface area contributed by atoms with Gasteiger partial charge in [-0.3, -0.25) is 0 Å². The molecule has 0 aliphatic rings. The molecule has 0 radical (unpaired) electrons. The highest BCUT2D eigenvalue weighted by Crippen LogP contribution is 2.29. The summed E-state index contributed by atoms with van der Waals surface area (Å²) in [6, 6.07) is 19.0. The monoisotopic (exact) mass is 272 g/mol. The fourth-order valence-electron chi connectivity index (χ4n) is 2.87. The maximum Gasteiger partial charge on any atom is 0.139 e. The van der Waals surface area contributed by atoms with Gasteiger partial charge in [-0.1, -0.05) is 48.5 Å². The first-order valence-electron chi connectivity index (χ1n) is 7.18. The number of benzene rings is 3. The lowest BCUT2D eigenvalue weighted by Crippen LogP contribution is -1.83. The van der Waals surface area contributed by atoms with Gasteiger partial charge in [-0.05, 0) is 41.8 Å². The molecule has 2 heteroatoms. The summed E-state index contributed by atoms with van der Waals surface area (Å²) in [6.07, 6.45) is 0. The summed E-state index contributed by atoms with van der Waals surface area (Å²) >= 11 is 0. The van der Waals surface area contributed by atoms with Crippen LogP contribution in [-0.4, -0.2) is 9.97 Å². The molecule has 0 spiro atoms. The lowest BCUT2D eigenvalue weighted by atomic mass is 10.0. The van der Waals surface area contributed by atoms with E-state index in [0.717, 1.165) is 22.4 Å². The topological polar surface area (TPSA) is 28.7 Å². The van der Waals surface area contributed by atoms with Crippen LogP contribution in [0.25, 0.3) is 33.2 Å². The smallest absolute Gasteiger partial charge is 0.139 e. The van der Waals surface area contributed by atoms with Crippen molar-refractivity contribution in [3.63, 3.8) is 0 Å². The largest absolute Gasteiger partial charge is 0.338 e. The number of aromatic amines is 1. The van der Waals surface area contributed by atoms with Crippen LogP contribution in [0.3, 0.4) is 0 Å². The molecule has 0 saturated heterocycles. The van der Waals surface area contributed by atoms with E-state index in [4.69, 9.17) is 4.98 Å². The SMILES string of the molecule is Cc1ccc2[nH]c(-c3cccc4ccccc34)nc2c1C. The Bertz CT molecular complexity index is 959. The third-order valence-corrected chi connectivity index (χ3v) is 4.22. The Hall–Kier alpha value is -2.61. The number of hydrogen-bond donors (Lipinski definition) is 1. The molecule has 21 heavy (non-hydrogen) atoms. The third kappa shape index (κ3) is 1.83. The predicted octanol–water partition coefficient (Wildman–Crippen LogP) is 5.00. The first-order chi connectivity index (χ1) is 10.2. The van der Waals surface area contributed by atoms with E-state index >= 15 is 0 Å². The second-order valence-corrected chi connectivity index (χ2v) is 5.52. The Morgan fingerprint density at radius 3 is 2.57 bits per heavy atom. The average Bonchev–Trinajstić information content (AvgIpc) is 2.95. The highest BCUT2D eigenvalue weighted by molar-refractivity contribution is 5.96. The van der Waals surface area contributed by atoms with Crippen molar-refractivity contribution in [3.05, 3.63) is 65.7 Å². The van der Waals surface area contributed by atoms with E-state index in [1.165, 1.54) is 21.9 Å². The van der Waals surface area contributed by atoms with Crippen LogP contribution in [0.2, 0.25) is 0 Å². The molecule has 4 rings (SSSR count). The summed E-state index contributed by atoms with van der Waals surface area (Å²) in [5, 5.41) is 2.47. The van der Waals surface area contributed by atoms with Crippen LogP contribution in [0, 0.1) is 13.8 Å². The molecule has 0 atom stereocenters. The second kappa shape index (κ2) is 4.45. The Kier molecular flexibility index (Phi) is 2.58. The summed E-state index contributed by atoms with van der Waals surface area (Å²) in [4.78, 5) is 8.30. The molecular formula is C19H16N2. The van der Waals surface area contributed by atoms with E-state index in [9.17, 15) is 0 Å². The molecule has 0 fully saturated rings. The number of rotatable bonds is 1. The van der Waals surface area contributed by atoms with Gasteiger partial charge >= 0.3 is 0 Å². The van der Waals surface area contributed by atoms with Gasteiger partial charge in [-0.2, -0.15) is 0 Å². The van der Waals surface area contributed by atoms with Crippen molar-refractivity contribution >= 4 is 21.8 Å². The molecule has 4 aromatic rings. The molecule has 1 heterocycles. The van der Waals surface area contributed by atoms with Crippen LogP contribution < -0.4 is 0 Å². The highest BCUT2D eigenvalue weighted by Gasteiger charge is 2.10. The van der Waals surface area contributed by atoms with Crippen molar-refractivity contribution in [1.82, 2.24) is 9.97 Å². The van der Waals surface area contributed by atoms with E-state index in [1.54, 1.807) is 0 Å². The second-order valence-electron chi connectivity index (χ2n) is 5.52. The molecule has 3 aromatic carbocycles. The maximum absolute atomic E-state index is 4.84. The molecule has 0 aliphatic carbocycles. The lowest BCUT2D eigenvalue weighted by Gasteiger charge is -2.03. The summed E-state index contributed by atoms with van der Waals surface area (Å²) in [5.74, 6) is 0.940. The predicted molar refractivity (Wildman–Crippen MR) is 88.5 cm³/mol. The van der Waals surface area contributed by atoms with Crippen molar-refractivity contribution in [3.8, 4) is 11.4 Å². The standard InChI is InChI=1S/C19H16N2/c1-12-10-11-17-18(13(12)2)21-19(20-17)16-9-5-7-14-6-3-4-8-15(14)16/h3-11H,1-2H3,(H,20,21). The number of hydrogen-bond acceptors (Lipinski definition) is 1. The van der Waals surface area contributed by atoms with E-state index in [0.29, 0.717) is 0 Å². The molecular weight excluding hydrogens is 256 g/mol. The Morgan fingerprint density at radius 2 is 1.67 bits per heavy atom.